The zero-order chi connectivity index (χ0) is 12.2. The highest BCUT2D eigenvalue weighted by molar-refractivity contribution is 5.06. The molecule has 0 bridgehead atoms. The van der Waals surface area contributed by atoms with Crippen molar-refractivity contribution >= 4 is 0 Å². The van der Waals surface area contributed by atoms with Gasteiger partial charge in [0.15, 0.2) is 0 Å². The molecule has 0 radical (unpaired) electrons. The van der Waals surface area contributed by atoms with Crippen molar-refractivity contribution in [3.63, 3.8) is 0 Å². The number of hydrogen-bond acceptors (Lipinski definition) is 2. The monoisotopic (exact) mass is 226 g/mol. The van der Waals surface area contributed by atoms with Crippen LogP contribution in [0.1, 0.15) is 65.2 Å². The van der Waals surface area contributed by atoms with Gasteiger partial charge in [0, 0.05) is 6.42 Å². The second kappa shape index (κ2) is 11.0. The van der Waals surface area contributed by atoms with Crippen LogP contribution >= 0.6 is 0 Å². The summed E-state index contributed by atoms with van der Waals surface area (Å²) in [5, 5.41) is 19.1. The highest BCUT2D eigenvalue weighted by atomic mass is 16.3. The van der Waals surface area contributed by atoms with E-state index in [0.29, 0.717) is 6.42 Å². The molecule has 0 amide bonds. The summed E-state index contributed by atoms with van der Waals surface area (Å²) in [7, 11) is 0. The highest BCUT2D eigenvalue weighted by Crippen LogP contribution is 2.05. The molecule has 2 atom stereocenters. The molecule has 0 aliphatic carbocycles. The average molecular weight is 226 g/mol. The Hall–Kier alpha value is -0.520. The normalized spacial score (nSPS) is 14.0. The molecule has 2 nitrogen and oxygen atoms in total. The second-order valence-corrected chi connectivity index (χ2v) is 4.29. The summed E-state index contributed by atoms with van der Waals surface area (Å²) in [6.45, 7) is 4.25. The maximum atomic E-state index is 9.54. The number of unbranched alkanes of at least 4 members (excludes halogenated alkanes) is 5. The van der Waals surface area contributed by atoms with Crippen molar-refractivity contribution in [3.8, 4) is 11.8 Å². The lowest BCUT2D eigenvalue weighted by Gasteiger charge is -2.11. The van der Waals surface area contributed by atoms with Gasteiger partial charge in [0.25, 0.3) is 0 Å². The van der Waals surface area contributed by atoms with E-state index >= 15 is 0 Å². The Morgan fingerprint density at radius 3 is 2.25 bits per heavy atom. The summed E-state index contributed by atoms with van der Waals surface area (Å²) in [6, 6.07) is 0. The number of aliphatic hydroxyl groups excluding tert-OH is 2. The van der Waals surface area contributed by atoms with Crippen molar-refractivity contribution < 1.29 is 10.2 Å². The summed E-state index contributed by atoms with van der Waals surface area (Å²) in [6.07, 6.45) is 6.69. The first-order valence-electron chi connectivity index (χ1n) is 6.56. The van der Waals surface area contributed by atoms with Gasteiger partial charge in [-0.1, -0.05) is 51.9 Å². The minimum Gasteiger partial charge on any atom is -0.389 e. The first kappa shape index (κ1) is 15.5. The zero-order valence-electron chi connectivity index (χ0n) is 10.7. The highest BCUT2D eigenvalue weighted by Gasteiger charge is 2.11. The van der Waals surface area contributed by atoms with Crippen molar-refractivity contribution in [1.29, 1.82) is 0 Å². The summed E-state index contributed by atoms with van der Waals surface area (Å²) < 4.78 is 0. The van der Waals surface area contributed by atoms with Crippen LogP contribution in [0.15, 0.2) is 0 Å². The lowest BCUT2D eigenvalue weighted by molar-refractivity contribution is 0.0472. The minimum atomic E-state index is -0.863. The smallest absolute Gasteiger partial charge is 0.140 e. The molecule has 0 saturated heterocycles. The Morgan fingerprint density at radius 2 is 1.62 bits per heavy atom. The van der Waals surface area contributed by atoms with E-state index in [1.54, 1.807) is 0 Å². The molecule has 0 heterocycles. The van der Waals surface area contributed by atoms with Gasteiger partial charge in [0.05, 0.1) is 6.10 Å². The van der Waals surface area contributed by atoms with Crippen molar-refractivity contribution in [3.05, 3.63) is 0 Å². The summed E-state index contributed by atoms with van der Waals surface area (Å²) in [4.78, 5) is 0. The van der Waals surface area contributed by atoms with Crippen molar-refractivity contribution in [2.24, 2.45) is 0 Å². The maximum Gasteiger partial charge on any atom is 0.140 e. The molecule has 0 saturated carbocycles. The van der Waals surface area contributed by atoms with Gasteiger partial charge in [-0.2, -0.15) is 0 Å². The average Bonchev–Trinajstić information content (AvgIpc) is 2.30. The van der Waals surface area contributed by atoms with Crippen molar-refractivity contribution in [2.75, 3.05) is 0 Å². The first-order valence-corrected chi connectivity index (χ1v) is 6.56. The Bertz CT molecular complexity index is 203. The largest absolute Gasteiger partial charge is 0.389 e. The predicted octanol–water partition coefficient (Wildman–Crippen LogP) is 2.87. The molecule has 0 aromatic heterocycles. The van der Waals surface area contributed by atoms with E-state index in [2.05, 4.69) is 25.7 Å². The van der Waals surface area contributed by atoms with Gasteiger partial charge in [0.1, 0.15) is 6.10 Å². The van der Waals surface area contributed by atoms with Crippen LogP contribution in [0.3, 0.4) is 0 Å². The Kier molecular flexibility index (Phi) is 10.6. The topological polar surface area (TPSA) is 40.5 Å². The van der Waals surface area contributed by atoms with Gasteiger partial charge in [-0.3, -0.25) is 0 Å². The Balaban J connectivity index is 3.59. The maximum absolute atomic E-state index is 9.54. The van der Waals surface area contributed by atoms with Crippen LogP contribution in [0, 0.1) is 11.8 Å². The molecule has 0 rings (SSSR count). The Morgan fingerprint density at radius 1 is 0.938 bits per heavy atom. The van der Waals surface area contributed by atoms with Crippen molar-refractivity contribution in [2.45, 2.75) is 77.4 Å². The molecular weight excluding hydrogens is 200 g/mol. The summed E-state index contributed by atoms with van der Waals surface area (Å²) in [5.74, 6) is 5.67. The molecule has 0 aromatic rings. The molecule has 0 fully saturated rings. The first-order chi connectivity index (χ1) is 7.72. The van der Waals surface area contributed by atoms with Crippen LogP contribution in [0.25, 0.3) is 0 Å². The minimum absolute atomic E-state index is 0.641. The molecular formula is C14H26O2. The Labute approximate surface area is 100 Å². The molecule has 16 heavy (non-hydrogen) atoms. The fourth-order valence-electron chi connectivity index (χ4n) is 1.48. The van der Waals surface area contributed by atoms with Gasteiger partial charge in [-0.25, -0.2) is 0 Å². The fourth-order valence-corrected chi connectivity index (χ4v) is 1.48. The van der Waals surface area contributed by atoms with E-state index in [0.717, 1.165) is 25.7 Å². The lowest BCUT2D eigenvalue weighted by Crippen LogP contribution is -2.23. The van der Waals surface area contributed by atoms with E-state index in [1.165, 1.54) is 19.3 Å². The standard InChI is InChI=1S/C14H26O2/c1-3-5-7-8-9-10-12-14(16)13(15)11-6-4-2/h13-16H,3-9,11H2,1-2H3/t13-,14+/m0/s1. The van der Waals surface area contributed by atoms with Crippen LogP contribution < -0.4 is 0 Å². The molecule has 0 aromatic carbocycles. The SMILES string of the molecule is CCCCCCC#C[C@@H](O)[C@@H](O)CCCC. The quantitative estimate of drug-likeness (QED) is 0.493. The van der Waals surface area contributed by atoms with Crippen LogP contribution in [-0.4, -0.2) is 22.4 Å². The van der Waals surface area contributed by atoms with Gasteiger partial charge in [-0.05, 0) is 12.8 Å². The number of hydrogen-bond donors (Lipinski definition) is 2. The molecule has 0 unspecified atom stereocenters. The lowest BCUT2D eigenvalue weighted by atomic mass is 10.1. The fraction of sp³-hybridized carbons (Fsp3) is 0.857. The van der Waals surface area contributed by atoms with Gasteiger partial charge >= 0.3 is 0 Å². The van der Waals surface area contributed by atoms with Crippen molar-refractivity contribution in [1.82, 2.24) is 0 Å². The second-order valence-electron chi connectivity index (χ2n) is 4.29. The molecule has 2 N–H and O–H groups in total. The third-order valence-electron chi connectivity index (χ3n) is 2.62. The molecule has 0 aliphatic rings. The van der Waals surface area contributed by atoms with E-state index in [9.17, 15) is 10.2 Å². The third kappa shape index (κ3) is 8.76. The van der Waals surface area contributed by atoms with Gasteiger partial charge < -0.3 is 10.2 Å². The molecule has 94 valence electrons. The van der Waals surface area contributed by atoms with E-state index in [1.807, 2.05) is 0 Å². The van der Waals surface area contributed by atoms with E-state index in [4.69, 9.17) is 0 Å². The number of aliphatic hydroxyl groups is 2. The molecule has 2 heteroatoms. The third-order valence-corrected chi connectivity index (χ3v) is 2.62. The summed E-state index contributed by atoms with van der Waals surface area (Å²) >= 11 is 0. The van der Waals surface area contributed by atoms with Crippen LogP contribution in [-0.2, 0) is 0 Å². The number of rotatable bonds is 8. The van der Waals surface area contributed by atoms with Gasteiger partial charge in [0.2, 0.25) is 0 Å². The molecule has 0 spiro atoms. The van der Waals surface area contributed by atoms with E-state index < -0.39 is 12.2 Å². The van der Waals surface area contributed by atoms with Crippen LogP contribution in [0.2, 0.25) is 0 Å². The zero-order valence-corrected chi connectivity index (χ0v) is 10.7. The predicted molar refractivity (Wildman–Crippen MR) is 68.1 cm³/mol. The van der Waals surface area contributed by atoms with Crippen LogP contribution in [0.4, 0.5) is 0 Å². The van der Waals surface area contributed by atoms with Gasteiger partial charge in [-0.15, -0.1) is 5.92 Å². The molecule has 0 aliphatic heterocycles. The van der Waals surface area contributed by atoms with Crippen LogP contribution in [0.5, 0.6) is 0 Å². The summed E-state index contributed by atoms with van der Waals surface area (Å²) in [5.41, 5.74) is 0. The van der Waals surface area contributed by atoms with E-state index in [-0.39, 0.29) is 0 Å².